The van der Waals surface area contributed by atoms with Gasteiger partial charge in [-0.05, 0) is 25.0 Å². The van der Waals surface area contributed by atoms with Gasteiger partial charge in [0.05, 0.1) is 18.9 Å². The first-order valence-corrected chi connectivity index (χ1v) is 7.20. The molecule has 1 aliphatic rings. The van der Waals surface area contributed by atoms with Crippen molar-refractivity contribution in [2.75, 3.05) is 37.7 Å². The summed E-state index contributed by atoms with van der Waals surface area (Å²) in [5.41, 5.74) is 2.84. The third-order valence-electron chi connectivity index (χ3n) is 3.75. The van der Waals surface area contributed by atoms with Crippen molar-refractivity contribution in [1.82, 2.24) is 4.90 Å². The predicted octanol–water partition coefficient (Wildman–Crippen LogP) is 1.52. The third kappa shape index (κ3) is 3.61. The molecule has 0 saturated carbocycles. The van der Waals surface area contributed by atoms with Crippen LogP contribution in [0.25, 0.3) is 0 Å². The molecule has 2 amide bonds. The molecule has 0 N–H and O–H groups in total. The van der Waals surface area contributed by atoms with Crippen LogP contribution < -0.4 is 4.90 Å². The molecule has 1 aliphatic heterocycles. The molecule has 0 aliphatic carbocycles. The molecule has 21 heavy (non-hydrogen) atoms. The lowest BCUT2D eigenvalue weighted by Crippen LogP contribution is -2.47. The van der Waals surface area contributed by atoms with Crippen molar-refractivity contribution < 1.29 is 14.3 Å². The molecule has 1 fully saturated rings. The van der Waals surface area contributed by atoms with Gasteiger partial charge in [0.1, 0.15) is 6.54 Å². The summed E-state index contributed by atoms with van der Waals surface area (Å²) in [5, 5.41) is 0. The number of hydrogen-bond acceptors (Lipinski definition) is 3. The number of aryl methyl sites for hydroxylation is 2. The minimum atomic E-state index is -0.117. The first kappa shape index (κ1) is 15.5. The second-order valence-electron chi connectivity index (χ2n) is 5.34. The van der Waals surface area contributed by atoms with E-state index in [2.05, 4.69) is 0 Å². The van der Waals surface area contributed by atoms with E-state index in [4.69, 9.17) is 4.74 Å². The molecule has 5 nitrogen and oxygen atoms in total. The number of benzene rings is 1. The molecule has 0 aromatic heterocycles. The number of carbonyl (C=O) groups is 2. The van der Waals surface area contributed by atoms with E-state index in [1.54, 1.807) is 9.80 Å². The van der Waals surface area contributed by atoms with E-state index in [1.165, 1.54) is 6.92 Å². The van der Waals surface area contributed by atoms with Crippen LogP contribution in [0.1, 0.15) is 18.1 Å². The van der Waals surface area contributed by atoms with Gasteiger partial charge in [-0.3, -0.25) is 9.59 Å². The topological polar surface area (TPSA) is 49.9 Å². The van der Waals surface area contributed by atoms with E-state index < -0.39 is 0 Å². The Morgan fingerprint density at radius 3 is 2.29 bits per heavy atom. The minimum absolute atomic E-state index is 0.0313. The molecule has 2 rings (SSSR count). The van der Waals surface area contributed by atoms with Gasteiger partial charge >= 0.3 is 0 Å². The van der Waals surface area contributed by atoms with Crippen molar-refractivity contribution in [2.45, 2.75) is 20.8 Å². The van der Waals surface area contributed by atoms with E-state index in [0.29, 0.717) is 26.3 Å². The zero-order valence-electron chi connectivity index (χ0n) is 12.9. The van der Waals surface area contributed by atoms with Gasteiger partial charge in [-0.25, -0.2) is 0 Å². The maximum absolute atomic E-state index is 12.4. The third-order valence-corrected chi connectivity index (χ3v) is 3.75. The molecular formula is C16H22N2O3. The number of anilines is 1. The number of morpholine rings is 1. The highest BCUT2D eigenvalue weighted by atomic mass is 16.5. The molecule has 1 aromatic rings. The van der Waals surface area contributed by atoms with Crippen LogP contribution in [-0.4, -0.2) is 49.6 Å². The van der Waals surface area contributed by atoms with Crippen LogP contribution in [0, 0.1) is 13.8 Å². The normalized spacial score (nSPS) is 14.9. The maximum atomic E-state index is 12.4. The molecule has 114 valence electrons. The number of hydrogen-bond donors (Lipinski definition) is 0. The zero-order chi connectivity index (χ0) is 15.4. The molecule has 0 unspecified atom stereocenters. The van der Waals surface area contributed by atoms with Crippen LogP contribution in [0.4, 0.5) is 5.69 Å². The SMILES string of the molecule is CC(=O)N(CC(=O)N1CCOCC1)c1c(C)cccc1C. The van der Waals surface area contributed by atoms with Gasteiger partial charge in [0.15, 0.2) is 0 Å². The Hall–Kier alpha value is -1.88. The van der Waals surface area contributed by atoms with Crippen LogP contribution >= 0.6 is 0 Å². The largest absolute Gasteiger partial charge is 0.378 e. The lowest BCUT2D eigenvalue weighted by Gasteiger charge is -2.30. The number of rotatable bonds is 3. The van der Waals surface area contributed by atoms with Crippen LogP contribution in [0.5, 0.6) is 0 Å². The zero-order valence-corrected chi connectivity index (χ0v) is 12.9. The quantitative estimate of drug-likeness (QED) is 0.848. The number of carbonyl (C=O) groups excluding carboxylic acids is 2. The highest BCUT2D eigenvalue weighted by Gasteiger charge is 2.23. The summed E-state index contributed by atoms with van der Waals surface area (Å²) in [4.78, 5) is 27.7. The summed E-state index contributed by atoms with van der Waals surface area (Å²) >= 11 is 0. The van der Waals surface area contributed by atoms with Crippen molar-refractivity contribution in [3.8, 4) is 0 Å². The molecule has 0 atom stereocenters. The first-order valence-electron chi connectivity index (χ1n) is 7.20. The summed E-state index contributed by atoms with van der Waals surface area (Å²) < 4.78 is 5.25. The van der Waals surface area contributed by atoms with Crippen molar-refractivity contribution in [3.63, 3.8) is 0 Å². The Balaban J connectivity index is 2.20. The Morgan fingerprint density at radius 1 is 1.19 bits per heavy atom. The van der Waals surface area contributed by atoms with Crippen molar-refractivity contribution >= 4 is 17.5 Å². The Kier molecular flexibility index (Phi) is 4.96. The Morgan fingerprint density at radius 2 is 1.76 bits per heavy atom. The Labute approximate surface area is 125 Å². The van der Waals surface area contributed by atoms with Crippen LogP contribution in [0.2, 0.25) is 0 Å². The number of para-hydroxylation sites is 1. The molecule has 0 spiro atoms. The molecular weight excluding hydrogens is 268 g/mol. The van der Waals surface area contributed by atoms with Gasteiger partial charge in [0.2, 0.25) is 11.8 Å². The van der Waals surface area contributed by atoms with Crippen molar-refractivity contribution in [3.05, 3.63) is 29.3 Å². The average molecular weight is 290 g/mol. The molecule has 0 radical (unpaired) electrons. The molecule has 1 saturated heterocycles. The van der Waals surface area contributed by atoms with Crippen molar-refractivity contribution in [2.24, 2.45) is 0 Å². The van der Waals surface area contributed by atoms with E-state index >= 15 is 0 Å². The van der Waals surface area contributed by atoms with Crippen LogP contribution in [0.3, 0.4) is 0 Å². The van der Waals surface area contributed by atoms with E-state index in [9.17, 15) is 9.59 Å². The van der Waals surface area contributed by atoms with E-state index in [0.717, 1.165) is 16.8 Å². The Bertz CT molecular complexity index is 516. The lowest BCUT2D eigenvalue weighted by molar-refractivity contribution is -0.134. The van der Waals surface area contributed by atoms with Gasteiger partial charge in [-0.1, -0.05) is 18.2 Å². The fraction of sp³-hybridized carbons (Fsp3) is 0.500. The van der Waals surface area contributed by atoms with Gasteiger partial charge in [0.25, 0.3) is 0 Å². The number of amides is 2. The molecule has 1 aromatic carbocycles. The first-order chi connectivity index (χ1) is 10.0. The number of ether oxygens (including phenoxy) is 1. The van der Waals surface area contributed by atoms with E-state index in [1.807, 2.05) is 32.0 Å². The maximum Gasteiger partial charge on any atom is 0.242 e. The van der Waals surface area contributed by atoms with Crippen LogP contribution in [0.15, 0.2) is 18.2 Å². The standard InChI is InChI=1S/C16H22N2O3/c1-12-5-4-6-13(2)16(12)18(14(3)19)11-15(20)17-7-9-21-10-8-17/h4-6H,7-11H2,1-3H3. The molecule has 1 heterocycles. The highest BCUT2D eigenvalue weighted by molar-refractivity contribution is 5.98. The van der Waals surface area contributed by atoms with Gasteiger partial charge in [-0.2, -0.15) is 0 Å². The summed E-state index contributed by atoms with van der Waals surface area (Å²) in [5.74, 6) is -0.148. The monoisotopic (exact) mass is 290 g/mol. The van der Waals surface area contributed by atoms with Gasteiger partial charge < -0.3 is 14.5 Å². The highest BCUT2D eigenvalue weighted by Crippen LogP contribution is 2.24. The average Bonchev–Trinajstić information content (AvgIpc) is 2.46. The fourth-order valence-electron chi connectivity index (χ4n) is 2.63. The second-order valence-corrected chi connectivity index (χ2v) is 5.34. The predicted molar refractivity (Wildman–Crippen MR) is 81.3 cm³/mol. The summed E-state index contributed by atoms with van der Waals surface area (Å²) in [6, 6.07) is 5.87. The number of nitrogens with zero attached hydrogens (tertiary/aromatic N) is 2. The summed E-state index contributed by atoms with van der Waals surface area (Å²) in [6.07, 6.45) is 0. The fourth-order valence-corrected chi connectivity index (χ4v) is 2.63. The smallest absolute Gasteiger partial charge is 0.242 e. The van der Waals surface area contributed by atoms with Gasteiger partial charge in [-0.15, -0.1) is 0 Å². The van der Waals surface area contributed by atoms with Gasteiger partial charge in [0, 0.05) is 20.0 Å². The lowest BCUT2D eigenvalue weighted by atomic mass is 10.1. The summed E-state index contributed by atoms with van der Waals surface area (Å²) in [7, 11) is 0. The summed E-state index contributed by atoms with van der Waals surface area (Å²) in [6.45, 7) is 7.81. The molecule has 0 bridgehead atoms. The second kappa shape index (κ2) is 6.72. The van der Waals surface area contributed by atoms with Crippen molar-refractivity contribution in [1.29, 1.82) is 0 Å². The van der Waals surface area contributed by atoms with E-state index in [-0.39, 0.29) is 18.4 Å². The minimum Gasteiger partial charge on any atom is -0.378 e. The van der Waals surface area contributed by atoms with Crippen LogP contribution in [-0.2, 0) is 14.3 Å². The molecule has 5 heteroatoms.